The van der Waals surface area contributed by atoms with Gasteiger partial charge in [0.15, 0.2) is 0 Å². The van der Waals surface area contributed by atoms with Crippen molar-refractivity contribution in [3.05, 3.63) is 89.4 Å². The highest BCUT2D eigenvalue weighted by molar-refractivity contribution is 6.06. The highest BCUT2D eigenvalue weighted by Gasteiger charge is 2.40. The van der Waals surface area contributed by atoms with E-state index in [1.54, 1.807) is 41.7 Å². The lowest BCUT2D eigenvalue weighted by atomic mass is 9.91. The maximum Gasteiger partial charge on any atom is 0.255 e. The topological polar surface area (TPSA) is 190 Å². The lowest BCUT2D eigenvalue weighted by Crippen LogP contribution is -2.54. The number of carbonyl (C=O) groups excluding carboxylic acids is 6. The van der Waals surface area contributed by atoms with Gasteiger partial charge in [-0.2, -0.15) is 0 Å². The molecular weight excluding hydrogens is 853 g/mol. The van der Waals surface area contributed by atoms with Crippen LogP contribution in [0.3, 0.4) is 0 Å². The Kier molecular flexibility index (Phi) is 16.2. The standard InChI is InChI=1S/C50H64N10O7/c61-45(13-9-37-6-4-20-51-33-37)53-21-2-1-5-36-15-23-59(24-16-36)49(65)38-10-12-44(54-34-38)57-25-17-39(18-26-57)56-27-29-58(30-28-56)47(63)19-31-67-32-22-52-42-8-3-7-40-41(42)35-60(50(40)66)43-11-14-46(62)55-48(43)64/h3-4,6-10,12-13,20,33-34,36,39,43,52H,1-2,5,11,14-19,21-32,35H2,(H,53,61)(H,55,62,64)/b13-9+. The highest BCUT2D eigenvalue weighted by Crippen LogP contribution is 2.32. The van der Waals surface area contributed by atoms with E-state index in [-0.39, 0.29) is 36.0 Å². The normalized spacial score (nSPS) is 19.8. The molecule has 8 rings (SSSR count). The van der Waals surface area contributed by atoms with Gasteiger partial charge in [0.1, 0.15) is 11.9 Å². The van der Waals surface area contributed by atoms with Gasteiger partial charge in [-0.3, -0.25) is 44.0 Å². The van der Waals surface area contributed by atoms with Crippen molar-refractivity contribution in [1.29, 1.82) is 0 Å². The van der Waals surface area contributed by atoms with Crippen LogP contribution in [-0.2, 0) is 30.5 Å². The number of nitrogens with one attached hydrogen (secondary N) is 3. The molecule has 67 heavy (non-hydrogen) atoms. The van der Waals surface area contributed by atoms with Crippen LogP contribution in [0.25, 0.3) is 6.08 Å². The molecule has 4 saturated heterocycles. The highest BCUT2D eigenvalue weighted by atomic mass is 16.5. The minimum Gasteiger partial charge on any atom is -0.382 e. The number of piperazine rings is 1. The molecule has 7 heterocycles. The SMILES string of the molecule is O=C(/C=C/c1cccnc1)NCCCCC1CCN(C(=O)c2ccc(N3CCC(N4CCN(C(=O)CCOCCNc5cccc6c5CN(C5CCC(=O)NC5=O)C6=O)CC4)CC3)nc2)CC1. The quantitative estimate of drug-likeness (QED) is 0.0955. The summed E-state index contributed by atoms with van der Waals surface area (Å²) in [5, 5.41) is 8.65. The molecule has 0 radical (unpaired) electrons. The Hall–Kier alpha value is -6.20. The van der Waals surface area contributed by atoms with Crippen LogP contribution in [0.1, 0.15) is 96.1 Å². The van der Waals surface area contributed by atoms with Crippen LogP contribution in [0, 0.1) is 5.92 Å². The van der Waals surface area contributed by atoms with Crippen LogP contribution >= 0.6 is 0 Å². The van der Waals surface area contributed by atoms with Gasteiger partial charge in [-0.1, -0.05) is 25.0 Å². The van der Waals surface area contributed by atoms with E-state index in [1.807, 2.05) is 46.2 Å². The van der Waals surface area contributed by atoms with Gasteiger partial charge in [-0.15, -0.1) is 0 Å². The van der Waals surface area contributed by atoms with Crippen molar-refractivity contribution in [3.8, 4) is 0 Å². The number of aromatic nitrogens is 2. The monoisotopic (exact) mass is 916 g/mol. The summed E-state index contributed by atoms with van der Waals surface area (Å²) in [7, 11) is 0. The molecule has 6 amide bonds. The fraction of sp³-hybridized carbons (Fsp3) is 0.520. The summed E-state index contributed by atoms with van der Waals surface area (Å²) in [6, 6.07) is 12.9. The van der Waals surface area contributed by atoms with E-state index < -0.39 is 11.9 Å². The number of piperidine rings is 3. The van der Waals surface area contributed by atoms with Gasteiger partial charge in [0.2, 0.25) is 23.6 Å². The van der Waals surface area contributed by atoms with Crippen LogP contribution in [0.15, 0.2) is 67.1 Å². The zero-order valence-corrected chi connectivity index (χ0v) is 38.4. The fourth-order valence-electron chi connectivity index (χ4n) is 10.0. The first-order chi connectivity index (χ1) is 32.7. The Morgan fingerprint density at radius 1 is 0.821 bits per heavy atom. The van der Waals surface area contributed by atoms with Crippen molar-refractivity contribution in [2.45, 2.75) is 82.8 Å². The molecule has 1 unspecified atom stereocenters. The third-order valence-electron chi connectivity index (χ3n) is 13.9. The molecule has 1 atom stereocenters. The number of imide groups is 1. The van der Waals surface area contributed by atoms with Gasteiger partial charge in [-0.05, 0) is 86.4 Å². The van der Waals surface area contributed by atoms with Crippen molar-refractivity contribution in [2.24, 2.45) is 5.92 Å². The van der Waals surface area contributed by atoms with E-state index in [4.69, 9.17) is 9.72 Å². The molecule has 0 aliphatic carbocycles. The second-order valence-electron chi connectivity index (χ2n) is 18.2. The third kappa shape index (κ3) is 12.4. The lowest BCUT2D eigenvalue weighted by molar-refractivity contribution is -0.137. The van der Waals surface area contributed by atoms with Gasteiger partial charge in [0.25, 0.3) is 11.8 Å². The number of rotatable bonds is 18. The molecular formula is C50H64N10O7. The number of benzene rings is 1. The Bertz CT molecular complexity index is 2230. The Labute approximate surface area is 392 Å². The maximum absolute atomic E-state index is 13.4. The number of anilines is 2. The van der Waals surface area contributed by atoms with E-state index in [0.29, 0.717) is 81.9 Å². The molecule has 17 heteroatoms. The second-order valence-corrected chi connectivity index (χ2v) is 18.2. The minimum absolute atomic E-state index is 0.0478. The molecule has 5 aliphatic rings. The van der Waals surface area contributed by atoms with Gasteiger partial charge < -0.3 is 35.0 Å². The number of carbonyl (C=O) groups is 6. The summed E-state index contributed by atoms with van der Waals surface area (Å²) in [4.78, 5) is 94.7. The summed E-state index contributed by atoms with van der Waals surface area (Å²) in [5.41, 5.74) is 3.72. The number of hydrogen-bond acceptors (Lipinski definition) is 12. The smallest absolute Gasteiger partial charge is 0.255 e. The molecule has 0 saturated carbocycles. The van der Waals surface area contributed by atoms with E-state index in [0.717, 1.165) is 107 Å². The average Bonchev–Trinajstić information content (AvgIpc) is 3.70. The molecule has 3 aromatic rings. The van der Waals surface area contributed by atoms with Crippen molar-refractivity contribution in [1.82, 2.24) is 40.2 Å². The van der Waals surface area contributed by atoms with E-state index in [1.165, 1.54) is 0 Å². The number of amides is 6. The van der Waals surface area contributed by atoms with E-state index in [9.17, 15) is 28.8 Å². The number of fused-ring (bicyclic) bond motifs is 1. The molecule has 356 valence electrons. The first-order valence-corrected chi connectivity index (χ1v) is 24.2. The Morgan fingerprint density at radius 3 is 2.39 bits per heavy atom. The third-order valence-corrected chi connectivity index (χ3v) is 13.9. The maximum atomic E-state index is 13.4. The second kappa shape index (κ2) is 23.0. The minimum atomic E-state index is -0.659. The van der Waals surface area contributed by atoms with Crippen LogP contribution in [-0.4, -0.2) is 156 Å². The fourth-order valence-corrected chi connectivity index (χ4v) is 10.0. The number of likely N-dealkylation sites (tertiary alicyclic amines) is 1. The van der Waals surface area contributed by atoms with Crippen LogP contribution in [0.5, 0.6) is 0 Å². The molecule has 4 fully saturated rings. The number of unbranched alkanes of at least 4 members (excludes halogenated alkanes) is 1. The summed E-state index contributed by atoms with van der Waals surface area (Å²) in [6.07, 6.45) is 16.4. The molecule has 17 nitrogen and oxygen atoms in total. The molecule has 5 aliphatic heterocycles. The van der Waals surface area contributed by atoms with Crippen molar-refractivity contribution < 1.29 is 33.5 Å². The lowest BCUT2D eigenvalue weighted by Gasteiger charge is -2.43. The van der Waals surface area contributed by atoms with Crippen LogP contribution in [0.2, 0.25) is 0 Å². The first kappa shape index (κ1) is 47.3. The van der Waals surface area contributed by atoms with Gasteiger partial charge in [0, 0.05) is 126 Å². The van der Waals surface area contributed by atoms with Crippen LogP contribution in [0.4, 0.5) is 11.5 Å². The average molecular weight is 917 g/mol. The van der Waals surface area contributed by atoms with Crippen molar-refractivity contribution in [2.75, 3.05) is 88.9 Å². The van der Waals surface area contributed by atoms with Gasteiger partial charge in [0.05, 0.1) is 25.2 Å². The van der Waals surface area contributed by atoms with E-state index >= 15 is 0 Å². The predicted octanol–water partition coefficient (Wildman–Crippen LogP) is 3.72. The van der Waals surface area contributed by atoms with E-state index in [2.05, 4.69) is 30.7 Å². The van der Waals surface area contributed by atoms with Crippen LogP contribution < -0.4 is 20.9 Å². The molecule has 1 aromatic carbocycles. The Morgan fingerprint density at radius 2 is 1.64 bits per heavy atom. The molecule has 3 N–H and O–H groups in total. The van der Waals surface area contributed by atoms with Gasteiger partial charge >= 0.3 is 0 Å². The number of hydrogen-bond donors (Lipinski definition) is 3. The number of ether oxygens (including phenoxy) is 1. The number of pyridine rings is 2. The summed E-state index contributed by atoms with van der Waals surface area (Å²) in [5.74, 6) is 0.606. The first-order valence-electron chi connectivity index (χ1n) is 24.2. The molecule has 2 aromatic heterocycles. The summed E-state index contributed by atoms with van der Waals surface area (Å²) in [6.45, 7) is 8.58. The molecule has 0 spiro atoms. The van der Waals surface area contributed by atoms with Crippen molar-refractivity contribution in [3.63, 3.8) is 0 Å². The molecule has 0 bridgehead atoms. The predicted molar refractivity (Wildman–Crippen MR) is 253 cm³/mol. The Balaban J connectivity index is 0.661. The zero-order valence-electron chi connectivity index (χ0n) is 38.4. The summed E-state index contributed by atoms with van der Waals surface area (Å²) < 4.78 is 5.82. The number of nitrogens with zero attached hydrogens (tertiary/aromatic N) is 7. The van der Waals surface area contributed by atoms with Gasteiger partial charge in [-0.25, -0.2) is 4.98 Å². The van der Waals surface area contributed by atoms with Crippen molar-refractivity contribution >= 4 is 53.0 Å². The largest absolute Gasteiger partial charge is 0.382 e. The summed E-state index contributed by atoms with van der Waals surface area (Å²) >= 11 is 0. The zero-order chi connectivity index (χ0) is 46.5.